The van der Waals surface area contributed by atoms with E-state index in [1.54, 1.807) is 12.1 Å². The van der Waals surface area contributed by atoms with Crippen molar-refractivity contribution in [2.24, 2.45) is 0 Å². The Morgan fingerprint density at radius 1 is 1.53 bits per heavy atom. The molecule has 0 aliphatic rings. The van der Waals surface area contributed by atoms with Crippen LogP contribution in [-0.4, -0.2) is 21.3 Å². The van der Waals surface area contributed by atoms with Crippen LogP contribution < -0.4 is 0 Å². The van der Waals surface area contributed by atoms with E-state index in [2.05, 4.69) is 10.2 Å². The molecule has 6 heteroatoms. The number of nitrogens with zero attached hydrogens (tertiary/aromatic N) is 2. The van der Waals surface area contributed by atoms with Gasteiger partial charge in [-0.3, -0.25) is 0 Å². The van der Waals surface area contributed by atoms with Crippen molar-refractivity contribution in [3.05, 3.63) is 35.9 Å². The van der Waals surface area contributed by atoms with Gasteiger partial charge in [0.05, 0.1) is 6.26 Å². The van der Waals surface area contributed by atoms with Crippen LogP contribution in [0, 0.1) is 0 Å². The second kappa shape index (κ2) is 4.65. The molecule has 6 nitrogen and oxygen atoms in total. The van der Waals surface area contributed by atoms with Gasteiger partial charge in [-0.15, -0.1) is 10.2 Å². The Labute approximate surface area is 96.6 Å². The lowest BCUT2D eigenvalue weighted by atomic mass is 10.2. The quantitative estimate of drug-likeness (QED) is 0.812. The Bertz CT molecular complexity index is 540. The molecule has 0 aliphatic carbocycles. The molecule has 1 N–H and O–H groups in total. The normalized spacial score (nSPS) is 11.7. The van der Waals surface area contributed by atoms with Gasteiger partial charge in [0.25, 0.3) is 5.89 Å². The first kappa shape index (κ1) is 11.1. The lowest BCUT2D eigenvalue weighted by Crippen LogP contribution is -1.99. The molecule has 0 saturated carbocycles. The predicted octanol–water partition coefficient (Wildman–Crippen LogP) is 1.85. The number of carboxylic acids is 1. The minimum absolute atomic E-state index is 0.0225. The Morgan fingerprint density at radius 3 is 2.88 bits per heavy atom. The summed E-state index contributed by atoms with van der Waals surface area (Å²) < 4.78 is 10.2. The Balaban J connectivity index is 2.39. The first-order valence-electron chi connectivity index (χ1n) is 5.02. The molecule has 0 unspecified atom stereocenters. The van der Waals surface area contributed by atoms with Gasteiger partial charge in [-0.1, -0.05) is 6.92 Å². The highest BCUT2D eigenvalue weighted by molar-refractivity contribution is 6.18. The molecule has 0 amide bonds. The summed E-state index contributed by atoms with van der Waals surface area (Å²) in [6.07, 6.45) is 3.35. The summed E-state index contributed by atoms with van der Waals surface area (Å²) >= 11 is 0. The van der Waals surface area contributed by atoms with Crippen LogP contribution in [-0.2, 0) is 11.2 Å². The molecule has 2 aromatic heterocycles. The number of carboxylic acid groups (broad SMARTS) is 1. The molecule has 0 saturated heterocycles. The van der Waals surface area contributed by atoms with E-state index in [1.807, 2.05) is 6.92 Å². The SMILES string of the molecule is CCc1nnc(/C(=C/c2ccco2)C(=O)O)o1. The summed E-state index contributed by atoms with van der Waals surface area (Å²) in [5, 5.41) is 16.5. The van der Waals surface area contributed by atoms with E-state index < -0.39 is 5.97 Å². The van der Waals surface area contributed by atoms with Crippen molar-refractivity contribution in [1.29, 1.82) is 0 Å². The van der Waals surface area contributed by atoms with Gasteiger partial charge >= 0.3 is 5.97 Å². The van der Waals surface area contributed by atoms with Crippen LogP contribution in [0.15, 0.2) is 27.2 Å². The fraction of sp³-hybridized carbons (Fsp3) is 0.182. The maximum absolute atomic E-state index is 11.1. The lowest BCUT2D eigenvalue weighted by Gasteiger charge is -1.94. The van der Waals surface area contributed by atoms with Gasteiger partial charge in [0, 0.05) is 12.5 Å². The molecule has 0 spiro atoms. The van der Waals surface area contributed by atoms with Crippen LogP contribution in [0.5, 0.6) is 0 Å². The molecular weight excluding hydrogens is 224 g/mol. The third kappa shape index (κ3) is 2.41. The topological polar surface area (TPSA) is 89.4 Å². The van der Waals surface area contributed by atoms with Crippen molar-refractivity contribution in [3.63, 3.8) is 0 Å². The van der Waals surface area contributed by atoms with E-state index >= 15 is 0 Å². The molecule has 0 radical (unpaired) electrons. The number of rotatable bonds is 4. The number of aliphatic carboxylic acids is 1. The second-order valence-electron chi connectivity index (χ2n) is 3.23. The fourth-order valence-corrected chi connectivity index (χ4v) is 1.24. The average molecular weight is 234 g/mol. The summed E-state index contributed by atoms with van der Waals surface area (Å²) in [5.41, 5.74) is -0.0906. The molecule has 2 aromatic rings. The zero-order valence-electron chi connectivity index (χ0n) is 9.08. The highest BCUT2D eigenvalue weighted by Gasteiger charge is 2.18. The number of carbonyl (C=O) groups is 1. The van der Waals surface area contributed by atoms with Gasteiger partial charge in [-0.25, -0.2) is 4.79 Å². The molecule has 88 valence electrons. The molecule has 2 heterocycles. The van der Waals surface area contributed by atoms with E-state index in [-0.39, 0.29) is 11.5 Å². The van der Waals surface area contributed by atoms with Crippen LogP contribution in [0.2, 0.25) is 0 Å². The van der Waals surface area contributed by atoms with Gasteiger partial charge in [0.15, 0.2) is 0 Å². The summed E-state index contributed by atoms with van der Waals surface area (Å²) in [7, 11) is 0. The first-order chi connectivity index (χ1) is 8.20. The highest BCUT2D eigenvalue weighted by Crippen LogP contribution is 2.18. The van der Waals surface area contributed by atoms with Crippen molar-refractivity contribution in [1.82, 2.24) is 10.2 Å². The van der Waals surface area contributed by atoms with Gasteiger partial charge in [0.2, 0.25) is 5.89 Å². The standard InChI is InChI=1S/C11H10N2O4/c1-2-9-12-13-10(17-9)8(11(14)15)6-7-4-3-5-16-7/h3-6H,2H2,1H3,(H,14,15)/b8-6-. The van der Waals surface area contributed by atoms with Crippen molar-refractivity contribution in [3.8, 4) is 0 Å². The number of aromatic nitrogens is 2. The monoisotopic (exact) mass is 234 g/mol. The number of hydrogen-bond donors (Lipinski definition) is 1. The van der Waals surface area contributed by atoms with Gasteiger partial charge in [0.1, 0.15) is 11.3 Å². The first-order valence-corrected chi connectivity index (χ1v) is 5.02. The second-order valence-corrected chi connectivity index (χ2v) is 3.23. The highest BCUT2D eigenvalue weighted by atomic mass is 16.4. The third-order valence-electron chi connectivity index (χ3n) is 2.06. The number of furan rings is 1. The van der Waals surface area contributed by atoms with Crippen molar-refractivity contribution in [2.75, 3.05) is 0 Å². The van der Waals surface area contributed by atoms with Crippen LogP contribution in [0.3, 0.4) is 0 Å². The maximum Gasteiger partial charge on any atom is 0.341 e. The Hall–Kier alpha value is -2.37. The van der Waals surface area contributed by atoms with Crippen molar-refractivity contribution in [2.45, 2.75) is 13.3 Å². The molecule has 2 rings (SSSR count). The molecule has 0 aliphatic heterocycles. The minimum atomic E-state index is -1.15. The van der Waals surface area contributed by atoms with Crippen LogP contribution in [0.1, 0.15) is 24.5 Å². The van der Waals surface area contributed by atoms with Crippen molar-refractivity contribution < 1.29 is 18.7 Å². The van der Waals surface area contributed by atoms with Crippen molar-refractivity contribution >= 4 is 17.6 Å². The van der Waals surface area contributed by atoms with Gasteiger partial charge in [-0.2, -0.15) is 0 Å². The molecule has 0 bridgehead atoms. The largest absolute Gasteiger partial charge is 0.477 e. The van der Waals surface area contributed by atoms with Gasteiger partial charge in [-0.05, 0) is 12.1 Å². The zero-order chi connectivity index (χ0) is 12.3. The lowest BCUT2D eigenvalue weighted by molar-refractivity contribution is -0.130. The van der Waals surface area contributed by atoms with E-state index in [4.69, 9.17) is 13.9 Å². The number of aryl methyl sites for hydroxylation is 1. The summed E-state index contributed by atoms with van der Waals surface area (Å²) in [5.74, 6) is -0.358. The summed E-state index contributed by atoms with van der Waals surface area (Å²) in [6, 6.07) is 3.30. The molecule has 0 fully saturated rings. The van der Waals surface area contributed by atoms with E-state index in [1.165, 1.54) is 12.3 Å². The van der Waals surface area contributed by atoms with Crippen LogP contribution >= 0.6 is 0 Å². The predicted molar refractivity (Wildman–Crippen MR) is 57.9 cm³/mol. The molecule has 17 heavy (non-hydrogen) atoms. The minimum Gasteiger partial charge on any atom is -0.477 e. The molecule has 0 atom stereocenters. The fourth-order valence-electron chi connectivity index (χ4n) is 1.24. The van der Waals surface area contributed by atoms with E-state index in [9.17, 15) is 4.79 Å². The maximum atomic E-state index is 11.1. The smallest absolute Gasteiger partial charge is 0.341 e. The Kier molecular flexibility index (Phi) is 3.04. The van der Waals surface area contributed by atoms with Gasteiger partial charge < -0.3 is 13.9 Å². The number of hydrogen-bond acceptors (Lipinski definition) is 5. The van der Waals surface area contributed by atoms with Crippen LogP contribution in [0.4, 0.5) is 0 Å². The Morgan fingerprint density at radius 2 is 2.35 bits per heavy atom. The van der Waals surface area contributed by atoms with Crippen LogP contribution in [0.25, 0.3) is 11.6 Å². The zero-order valence-corrected chi connectivity index (χ0v) is 9.08. The average Bonchev–Trinajstić information content (AvgIpc) is 2.96. The van der Waals surface area contributed by atoms with E-state index in [0.29, 0.717) is 18.1 Å². The summed E-state index contributed by atoms with van der Waals surface area (Å²) in [4.78, 5) is 11.1. The summed E-state index contributed by atoms with van der Waals surface area (Å²) in [6.45, 7) is 1.84. The third-order valence-corrected chi connectivity index (χ3v) is 2.06. The molecular formula is C11H10N2O4. The molecule has 0 aromatic carbocycles. The van der Waals surface area contributed by atoms with E-state index in [0.717, 1.165) is 0 Å².